The van der Waals surface area contributed by atoms with Crippen molar-refractivity contribution in [2.45, 2.75) is 44.9 Å². The molecule has 0 aromatic heterocycles. The fraction of sp³-hybridized carbons (Fsp3) is 0.163. The van der Waals surface area contributed by atoms with Crippen molar-refractivity contribution in [2.75, 3.05) is 4.90 Å². The lowest BCUT2D eigenvalue weighted by atomic mass is 10.0. The average molecular weight is 620 g/mol. The van der Waals surface area contributed by atoms with Gasteiger partial charge in [-0.05, 0) is 73.2 Å². The highest BCUT2D eigenvalue weighted by atomic mass is 31.2. The molecule has 0 amide bonds. The van der Waals surface area contributed by atoms with Crippen molar-refractivity contribution in [3.8, 4) is 0 Å². The summed E-state index contributed by atoms with van der Waals surface area (Å²) >= 11 is 0. The number of unbranched alkanes of at least 4 members (excludes halogenated alkanes) is 4. The average Bonchev–Trinajstić information content (AvgIpc) is 3.13. The van der Waals surface area contributed by atoms with Crippen molar-refractivity contribution in [1.29, 1.82) is 0 Å². The molecule has 0 saturated heterocycles. The summed E-state index contributed by atoms with van der Waals surface area (Å²) in [5.74, 6) is 0. The lowest BCUT2D eigenvalue weighted by molar-refractivity contribution is 0.592. The first kappa shape index (κ1) is 31.3. The molecule has 0 heterocycles. The summed E-state index contributed by atoms with van der Waals surface area (Å²) in [6.07, 6.45) is 8.29. The molecule has 0 fully saturated rings. The quantitative estimate of drug-likeness (QED) is 0.0893. The number of benzene rings is 6. The van der Waals surface area contributed by atoms with Gasteiger partial charge in [0, 0.05) is 33.0 Å². The number of rotatable bonds is 14. The summed E-state index contributed by atoms with van der Waals surface area (Å²) in [4.78, 5) is 2.31. The van der Waals surface area contributed by atoms with Crippen LogP contribution in [-0.4, -0.2) is 0 Å². The second-order valence-electron chi connectivity index (χ2n) is 11.9. The van der Waals surface area contributed by atoms with Gasteiger partial charge in [-0.1, -0.05) is 153 Å². The molecule has 0 spiro atoms. The Kier molecular flexibility index (Phi) is 10.6. The van der Waals surface area contributed by atoms with E-state index in [1.54, 1.807) is 0 Å². The van der Waals surface area contributed by atoms with Crippen LogP contribution in [0.15, 0.2) is 170 Å². The Bertz CT molecular complexity index is 1720. The number of para-hydroxylation sites is 2. The second kappa shape index (κ2) is 15.6. The van der Waals surface area contributed by atoms with Crippen LogP contribution in [0.4, 0.5) is 17.1 Å². The Labute approximate surface area is 274 Å². The molecule has 0 saturated carbocycles. The number of aryl methyl sites for hydroxylation is 2. The zero-order chi connectivity index (χ0) is 31.4. The highest BCUT2D eigenvalue weighted by Gasteiger charge is 2.29. The zero-order valence-electron chi connectivity index (χ0n) is 26.4. The molecule has 6 rings (SSSR count). The monoisotopic (exact) mass is 619 g/mol. The van der Waals surface area contributed by atoms with Gasteiger partial charge < -0.3 is 9.46 Å². The minimum absolute atomic E-state index is 0.881. The molecule has 3 heteroatoms. The summed E-state index contributed by atoms with van der Waals surface area (Å²) in [5.41, 5.74) is 6.22. The van der Waals surface area contributed by atoms with Gasteiger partial charge >= 0.3 is 0 Å². The predicted molar refractivity (Wildman–Crippen MR) is 197 cm³/mol. The second-order valence-corrected chi connectivity index (χ2v) is 14.7. The van der Waals surface area contributed by atoms with E-state index in [2.05, 4.69) is 114 Å². The van der Waals surface area contributed by atoms with Crippen LogP contribution in [0.3, 0.4) is 0 Å². The van der Waals surface area contributed by atoms with Crippen LogP contribution in [0.5, 0.6) is 0 Å². The molecule has 0 aliphatic carbocycles. The van der Waals surface area contributed by atoms with E-state index >= 15 is 0 Å². The van der Waals surface area contributed by atoms with Crippen molar-refractivity contribution in [1.82, 2.24) is 0 Å². The summed E-state index contributed by atoms with van der Waals surface area (Å²) in [6.45, 7) is 0. The molecule has 0 N–H and O–H groups in total. The fourth-order valence-corrected chi connectivity index (χ4v) is 8.84. The van der Waals surface area contributed by atoms with Crippen LogP contribution in [0.2, 0.25) is 0 Å². The van der Waals surface area contributed by atoms with Crippen LogP contribution in [0, 0.1) is 0 Å². The maximum absolute atomic E-state index is 14.6. The normalized spacial score (nSPS) is 11.3. The molecule has 2 nitrogen and oxygen atoms in total. The third-order valence-corrected chi connectivity index (χ3v) is 11.8. The van der Waals surface area contributed by atoms with E-state index in [1.807, 2.05) is 60.7 Å². The van der Waals surface area contributed by atoms with Gasteiger partial charge in [-0.2, -0.15) is 0 Å². The number of hydrogen-bond donors (Lipinski definition) is 0. The van der Waals surface area contributed by atoms with Gasteiger partial charge in [-0.25, -0.2) is 0 Å². The molecular formula is C43H42NOP. The van der Waals surface area contributed by atoms with E-state index in [0.29, 0.717) is 0 Å². The van der Waals surface area contributed by atoms with Gasteiger partial charge in [-0.15, -0.1) is 0 Å². The van der Waals surface area contributed by atoms with E-state index in [-0.39, 0.29) is 0 Å². The van der Waals surface area contributed by atoms with Gasteiger partial charge in [0.2, 0.25) is 0 Å². The molecule has 0 radical (unpaired) electrons. The Morgan fingerprint density at radius 1 is 0.348 bits per heavy atom. The van der Waals surface area contributed by atoms with Gasteiger partial charge in [-0.3, -0.25) is 0 Å². The summed E-state index contributed by atoms with van der Waals surface area (Å²) in [5, 5.41) is 2.66. The Hall–Kier alpha value is -4.65. The molecule has 0 bridgehead atoms. The first-order valence-corrected chi connectivity index (χ1v) is 18.2. The SMILES string of the molecule is O=P(c1ccccc1)(c1ccccc1)c1ccc(CCCCCCCc2ccc(N(c3ccccc3)c3ccccc3)cc2)cc1. The molecule has 230 valence electrons. The van der Waals surface area contributed by atoms with Gasteiger partial charge in [0.25, 0.3) is 0 Å². The lowest BCUT2D eigenvalue weighted by Gasteiger charge is -2.25. The zero-order valence-corrected chi connectivity index (χ0v) is 27.3. The van der Waals surface area contributed by atoms with Crippen LogP contribution < -0.4 is 20.8 Å². The first-order chi connectivity index (χ1) is 22.7. The minimum Gasteiger partial charge on any atom is -0.311 e. The Balaban J connectivity index is 0.973. The standard InChI is InChI=1S/C43H42NOP/c45-46(41-24-14-6-15-25-41,42-26-16-7-17-27-42)43-34-30-37(31-35-43)19-9-3-1-2-8-18-36-28-32-40(33-29-36)44(38-20-10-4-11-21-38)39-22-12-5-13-23-39/h4-7,10-17,20-35H,1-3,8-9,18-19H2. The van der Waals surface area contributed by atoms with Crippen LogP contribution in [0.1, 0.15) is 43.2 Å². The van der Waals surface area contributed by atoms with Crippen LogP contribution in [0.25, 0.3) is 0 Å². The molecule has 6 aromatic rings. The van der Waals surface area contributed by atoms with E-state index < -0.39 is 7.14 Å². The third-order valence-electron chi connectivity index (χ3n) is 8.69. The van der Waals surface area contributed by atoms with Crippen molar-refractivity contribution < 1.29 is 4.57 Å². The van der Waals surface area contributed by atoms with E-state index in [1.165, 1.54) is 48.9 Å². The van der Waals surface area contributed by atoms with Crippen molar-refractivity contribution >= 4 is 40.1 Å². The Morgan fingerprint density at radius 3 is 1.11 bits per heavy atom. The predicted octanol–water partition coefficient (Wildman–Crippen LogP) is 10.5. The van der Waals surface area contributed by atoms with E-state index in [0.717, 1.165) is 40.1 Å². The van der Waals surface area contributed by atoms with Gasteiger partial charge in [0.15, 0.2) is 7.14 Å². The van der Waals surface area contributed by atoms with Crippen molar-refractivity contribution in [3.05, 3.63) is 181 Å². The number of nitrogens with zero attached hydrogens (tertiary/aromatic N) is 1. The maximum Gasteiger partial charge on any atom is 0.171 e. The number of hydrogen-bond acceptors (Lipinski definition) is 2. The molecule has 0 aliphatic heterocycles. The molecule has 0 aliphatic rings. The van der Waals surface area contributed by atoms with E-state index in [4.69, 9.17) is 0 Å². The largest absolute Gasteiger partial charge is 0.311 e. The van der Waals surface area contributed by atoms with Crippen LogP contribution in [-0.2, 0) is 17.4 Å². The summed E-state index contributed by atoms with van der Waals surface area (Å²) < 4.78 is 14.6. The maximum atomic E-state index is 14.6. The number of anilines is 3. The minimum atomic E-state index is -2.90. The highest BCUT2D eigenvalue weighted by Crippen LogP contribution is 2.42. The fourth-order valence-electron chi connectivity index (χ4n) is 6.20. The molecule has 0 atom stereocenters. The molecule has 6 aromatic carbocycles. The van der Waals surface area contributed by atoms with Gasteiger partial charge in [0.1, 0.15) is 0 Å². The highest BCUT2D eigenvalue weighted by molar-refractivity contribution is 7.85. The first-order valence-electron chi connectivity index (χ1n) is 16.5. The van der Waals surface area contributed by atoms with Gasteiger partial charge in [0.05, 0.1) is 0 Å². The summed E-state index contributed by atoms with van der Waals surface area (Å²) in [6, 6.07) is 58.5. The smallest absolute Gasteiger partial charge is 0.171 e. The van der Waals surface area contributed by atoms with Crippen molar-refractivity contribution in [2.24, 2.45) is 0 Å². The van der Waals surface area contributed by atoms with Crippen molar-refractivity contribution in [3.63, 3.8) is 0 Å². The van der Waals surface area contributed by atoms with E-state index in [9.17, 15) is 4.57 Å². The molecule has 46 heavy (non-hydrogen) atoms. The van der Waals surface area contributed by atoms with Crippen LogP contribution >= 0.6 is 7.14 Å². The summed E-state index contributed by atoms with van der Waals surface area (Å²) in [7, 11) is -2.90. The topological polar surface area (TPSA) is 20.3 Å². The third kappa shape index (κ3) is 7.58. The molecular weight excluding hydrogens is 577 g/mol. The lowest BCUT2D eigenvalue weighted by Crippen LogP contribution is -2.24. The Morgan fingerprint density at radius 2 is 0.674 bits per heavy atom. The molecule has 0 unspecified atom stereocenters.